The van der Waals surface area contributed by atoms with E-state index in [4.69, 9.17) is 9.47 Å². The van der Waals surface area contributed by atoms with Crippen LogP contribution in [0.15, 0.2) is 29.5 Å². The van der Waals surface area contributed by atoms with E-state index in [-0.39, 0.29) is 12.6 Å². The predicted octanol–water partition coefficient (Wildman–Crippen LogP) is -1.05. The average Bonchev–Trinajstić information content (AvgIpc) is 2.73. The van der Waals surface area contributed by atoms with Gasteiger partial charge < -0.3 is 30.3 Å². The predicted molar refractivity (Wildman–Crippen MR) is 112 cm³/mol. The minimum absolute atomic E-state index is 0.285. The first kappa shape index (κ1) is 22.3. The van der Waals surface area contributed by atoms with Gasteiger partial charge in [-0.1, -0.05) is 23.8 Å². The number of carbonyl (C=O) groups is 2. The molecule has 1 saturated heterocycles. The number of urea groups is 1. The maximum Gasteiger partial charge on any atom is 0.338 e. The number of aryl methyl sites for hydroxylation is 2. The number of hydrogen-bond donors (Lipinski definition) is 4. The molecular formula is C22H34N4O4+2. The number of nitrogens with two attached hydrogens (primary N) is 1. The number of amides is 2. The Morgan fingerprint density at radius 1 is 1.30 bits per heavy atom. The van der Waals surface area contributed by atoms with Crippen LogP contribution in [0.5, 0.6) is 0 Å². The summed E-state index contributed by atoms with van der Waals surface area (Å²) in [4.78, 5) is 26.8. The Bertz CT molecular complexity index is 802. The third kappa shape index (κ3) is 5.59. The summed E-state index contributed by atoms with van der Waals surface area (Å²) in [6.07, 6.45) is 0. The van der Waals surface area contributed by atoms with E-state index in [1.165, 1.54) is 4.90 Å². The second-order valence-corrected chi connectivity index (χ2v) is 7.90. The van der Waals surface area contributed by atoms with Crippen molar-refractivity contribution in [2.45, 2.75) is 26.8 Å². The molecule has 164 valence electrons. The van der Waals surface area contributed by atoms with Crippen LogP contribution in [0.4, 0.5) is 4.79 Å². The van der Waals surface area contributed by atoms with Gasteiger partial charge in [0.1, 0.15) is 32.7 Å². The zero-order valence-corrected chi connectivity index (χ0v) is 18.2. The van der Waals surface area contributed by atoms with Gasteiger partial charge in [0.25, 0.3) is 0 Å². The largest absolute Gasteiger partial charge is 0.463 e. The summed E-state index contributed by atoms with van der Waals surface area (Å²) in [7, 11) is 0. The van der Waals surface area contributed by atoms with Crippen LogP contribution in [0.1, 0.15) is 29.7 Å². The van der Waals surface area contributed by atoms with Gasteiger partial charge in [-0.05, 0) is 31.9 Å². The van der Waals surface area contributed by atoms with Crippen LogP contribution >= 0.6 is 0 Å². The number of carbonyl (C=O) groups excluding carboxylic acids is 2. The van der Waals surface area contributed by atoms with Gasteiger partial charge in [-0.15, -0.1) is 0 Å². The highest BCUT2D eigenvalue weighted by atomic mass is 16.5. The molecule has 0 saturated carbocycles. The molecule has 2 aliphatic heterocycles. The molecule has 8 heteroatoms. The number of hydrogen-bond acceptors (Lipinski definition) is 4. The van der Waals surface area contributed by atoms with Gasteiger partial charge in [0, 0.05) is 0 Å². The summed E-state index contributed by atoms with van der Waals surface area (Å²) < 4.78 is 10.8. The molecule has 0 spiro atoms. The first-order valence-corrected chi connectivity index (χ1v) is 10.8. The van der Waals surface area contributed by atoms with Crippen molar-refractivity contribution >= 4 is 12.0 Å². The average molecular weight is 419 g/mol. The third-order valence-electron chi connectivity index (χ3n) is 5.65. The van der Waals surface area contributed by atoms with Gasteiger partial charge in [-0.3, -0.25) is 0 Å². The van der Waals surface area contributed by atoms with Gasteiger partial charge in [0.2, 0.25) is 0 Å². The van der Waals surface area contributed by atoms with Crippen LogP contribution in [0, 0.1) is 13.8 Å². The van der Waals surface area contributed by atoms with Crippen molar-refractivity contribution in [1.82, 2.24) is 10.6 Å². The molecule has 1 aromatic rings. The van der Waals surface area contributed by atoms with Gasteiger partial charge in [-0.25, -0.2) is 9.59 Å². The molecule has 5 N–H and O–H groups in total. The standard InChI is InChI=1S/C22H32N4O4/c1-4-30-21(27)19-18(14-23-7-8-26-9-11-29-12-10-26)24-22(28)25-20(19)17-13-15(2)5-6-16(17)3/h5-6,13,20,23H,4,7-12,14H2,1-3H3,(H2,24,25,28)/p+2/t20-/m0/s1. The van der Waals surface area contributed by atoms with Crippen molar-refractivity contribution in [2.75, 3.05) is 52.5 Å². The van der Waals surface area contributed by atoms with Crippen LogP contribution in [-0.4, -0.2) is 64.5 Å². The normalized spacial score (nSPS) is 20.0. The monoisotopic (exact) mass is 418 g/mol. The molecule has 3 rings (SSSR count). The second kappa shape index (κ2) is 10.6. The topological polar surface area (TPSA) is 97.7 Å². The first-order chi connectivity index (χ1) is 14.5. The summed E-state index contributed by atoms with van der Waals surface area (Å²) in [6.45, 7) is 12.2. The van der Waals surface area contributed by atoms with Crippen LogP contribution < -0.4 is 20.9 Å². The molecule has 1 fully saturated rings. The van der Waals surface area contributed by atoms with Gasteiger partial charge >= 0.3 is 12.0 Å². The van der Waals surface area contributed by atoms with Crippen LogP contribution in [0.2, 0.25) is 0 Å². The van der Waals surface area contributed by atoms with Gasteiger partial charge in [0.05, 0.1) is 37.1 Å². The molecule has 8 nitrogen and oxygen atoms in total. The molecule has 0 bridgehead atoms. The minimum Gasteiger partial charge on any atom is -0.463 e. The van der Waals surface area contributed by atoms with Gasteiger partial charge in [0.15, 0.2) is 0 Å². The van der Waals surface area contributed by atoms with Crippen LogP contribution in [-0.2, 0) is 14.3 Å². The number of nitrogens with one attached hydrogen (secondary N) is 3. The second-order valence-electron chi connectivity index (χ2n) is 7.90. The van der Waals surface area contributed by atoms with Crippen LogP contribution in [0.25, 0.3) is 0 Å². The Labute approximate surface area is 178 Å². The lowest BCUT2D eigenvalue weighted by molar-refractivity contribution is -0.919. The molecule has 1 aromatic carbocycles. The first-order valence-electron chi connectivity index (χ1n) is 10.8. The highest BCUT2D eigenvalue weighted by molar-refractivity contribution is 5.95. The maximum atomic E-state index is 12.9. The van der Waals surface area contributed by atoms with Crippen molar-refractivity contribution in [3.8, 4) is 0 Å². The van der Waals surface area contributed by atoms with E-state index < -0.39 is 12.0 Å². The third-order valence-corrected chi connectivity index (χ3v) is 5.65. The highest BCUT2D eigenvalue weighted by Crippen LogP contribution is 2.30. The molecule has 2 amide bonds. The Hall–Kier alpha value is -2.42. The van der Waals surface area contributed by atoms with E-state index in [2.05, 4.69) is 16.0 Å². The van der Waals surface area contributed by atoms with Crippen molar-refractivity contribution in [3.05, 3.63) is 46.2 Å². The van der Waals surface area contributed by atoms with E-state index in [0.29, 0.717) is 17.8 Å². The smallest absolute Gasteiger partial charge is 0.338 e. The number of benzene rings is 1. The SMILES string of the molecule is CCOC(=O)C1=C(C[NH2+]CC[NH+]2CCOCC2)NC(=O)N[C@H]1c1cc(C)ccc1C. The summed E-state index contributed by atoms with van der Waals surface area (Å²) in [5.41, 5.74) is 4.13. The summed E-state index contributed by atoms with van der Waals surface area (Å²) >= 11 is 0. The zero-order valence-electron chi connectivity index (χ0n) is 18.2. The molecule has 1 atom stereocenters. The number of quaternary nitrogens is 2. The quantitative estimate of drug-likeness (QED) is 0.320. The minimum atomic E-state index is -0.522. The fraction of sp³-hybridized carbons (Fsp3) is 0.545. The van der Waals surface area contributed by atoms with E-state index in [1.54, 1.807) is 6.92 Å². The van der Waals surface area contributed by atoms with E-state index in [1.807, 2.05) is 32.0 Å². The number of morpholine rings is 1. The molecular weight excluding hydrogens is 384 g/mol. The number of rotatable bonds is 8. The Morgan fingerprint density at radius 3 is 2.80 bits per heavy atom. The Morgan fingerprint density at radius 2 is 2.07 bits per heavy atom. The number of esters is 1. The molecule has 2 aliphatic rings. The van der Waals surface area contributed by atoms with Crippen molar-refractivity contribution in [1.29, 1.82) is 0 Å². The molecule has 2 heterocycles. The van der Waals surface area contributed by atoms with Crippen molar-refractivity contribution < 1.29 is 29.3 Å². The maximum absolute atomic E-state index is 12.9. The lowest BCUT2D eigenvalue weighted by Crippen LogP contribution is -3.16. The molecule has 0 aromatic heterocycles. The Balaban J connectivity index is 1.80. The van der Waals surface area contributed by atoms with Crippen molar-refractivity contribution in [3.63, 3.8) is 0 Å². The fourth-order valence-electron chi connectivity index (χ4n) is 4.00. The molecule has 0 aliphatic carbocycles. The van der Waals surface area contributed by atoms with E-state index in [0.717, 1.165) is 56.1 Å². The van der Waals surface area contributed by atoms with Crippen LogP contribution in [0.3, 0.4) is 0 Å². The summed E-state index contributed by atoms with van der Waals surface area (Å²) in [5.74, 6) is -0.391. The van der Waals surface area contributed by atoms with Gasteiger partial charge in [-0.2, -0.15) is 0 Å². The lowest BCUT2D eigenvalue weighted by atomic mass is 9.91. The molecule has 0 unspecified atom stereocenters. The lowest BCUT2D eigenvalue weighted by Gasteiger charge is -2.30. The van der Waals surface area contributed by atoms with E-state index >= 15 is 0 Å². The number of ether oxygens (including phenoxy) is 2. The Kier molecular flexibility index (Phi) is 7.84. The molecule has 0 radical (unpaired) electrons. The summed E-state index contributed by atoms with van der Waals surface area (Å²) in [5, 5.41) is 7.91. The highest BCUT2D eigenvalue weighted by Gasteiger charge is 2.35. The summed E-state index contributed by atoms with van der Waals surface area (Å²) in [6, 6.07) is 5.24. The fourth-order valence-corrected chi connectivity index (χ4v) is 4.00. The zero-order chi connectivity index (χ0) is 21.5. The van der Waals surface area contributed by atoms with E-state index in [9.17, 15) is 9.59 Å². The molecule has 30 heavy (non-hydrogen) atoms. The van der Waals surface area contributed by atoms with Crippen molar-refractivity contribution in [2.24, 2.45) is 0 Å².